The van der Waals surface area contributed by atoms with Crippen LogP contribution in [0.5, 0.6) is 17.2 Å². The van der Waals surface area contributed by atoms with Crippen molar-refractivity contribution in [1.82, 2.24) is 0 Å². The maximum absolute atomic E-state index is 10.9. The van der Waals surface area contributed by atoms with Gasteiger partial charge < -0.3 is 14.6 Å². The molecule has 0 heterocycles. The minimum Gasteiger partial charge on any atom is -0.508 e. The third-order valence-electron chi connectivity index (χ3n) is 2.76. The van der Waals surface area contributed by atoms with Gasteiger partial charge in [0.15, 0.2) is 5.75 Å². The van der Waals surface area contributed by atoms with Gasteiger partial charge in [0, 0.05) is 6.07 Å². The molecule has 0 aliphatic heterocycles. The number of ether oxygens (including phenoxy) is 2. The zero-order chi connectivity index (χ0) is 15.2. The van der Waals surface area contributed by atoms with E-state index in [1.165, 1.54) is 18.2 Å². The summed E-state index contributed by atoms with van der Waals surface area (Å²) in [6.07, 6.45) is 0. The highest BCUT2D eigenvalue weighted by Crippen LogP contribution is 2.27. The van der Waals surface area contributed by atoms with Crippen LogP contribution in [0, 0.1) is 17.0 Å². The van der Waals surface area contributed by atoms with E-state index in [0.29, 0.717) is 5.75 Å². The molecule has 0 saturated heterocycles. The molecule has 0 aliphatic carbocycles. The smallest absolute Gasteiger partial charge is 0.310 e. The maximum atomic E-state index is 10.9. The summed E-state index contributed by atoms with van der Waals surface area (Å²) in [5.41, 5.74) is 0.820. The Labute approximate surface area is 121 Å². The van der Waals surface area contributed by atoms with Crippen molar-refractivity contribution >= 4 is 5.69 Å². The van der Waals surface area contributed by atoms with Gasteiger partial charge in [0.1, 0.15) is 24.7 Å². The van der Waals surface area contributed by atoms with E-state index in [1.807, 2.05) is 6.92 Å². The van der Waals surface area contributed by atoms with Crippen LogP contribution in [-0.2, 0) is 0 Å². The Morgan fingerprint density at radius 2 is 1.76 bits per heavy atom. The van der Waals surface area contributed by atoms with Crippen LogP contribution in [-0.4, -0.2) is 23.2 Å². The summed E-state index contributed by atoms with van der Waals surface area (Å²) in [5, 5.41) is 20.0. The van der Waals surface area contributed by atoms with Gasteiger partial charge in [0.25, 0.3) is 0 Å². The molecule has 2 aromatic rings. The molecular formula is C15H15NO5. The third kappa shape index (κ3) is 4.10. The Morgan fingerprint density at radius 3 is 2.43 bits per heavy atom. The van der Waals surface area contributed by atoms with Gasteiger partial charge in [0.05, 0.1) is 4.92 Å². The lowest BCUT2D eigenvalue weighted by atomic mass is 10.2. The molecule has 1 N–H and O–H groups in total. The molecule has 0 spiro atoms. The molecule has 0 atom stereocenters. The molecule has 2 rings (SSSR count). The number of aromatic hydroxyl groups is 1. The van der Waals surface area contributed by atoms with Crippen LogP contribution in [0.25, 0.3) is 0 Å². The number of hydrogen-bond acceptors (Lipinski definition) is 5. The number of nitro groups is 1. The Morgan fingerprint density at radius 1 is 1.10 bits per heavy atom. The molecule has 2 aromatic carbocycles. The standard InChI is InChI=1S/C15H15NO5/c1-11-2-7-14(16(18)19)15(10-11)21-9-8-20-13-5-3-12(17)4-6-13/h2-7,10,17H,8-9H2,1H3. The average Bonchev–Trinajstić information content (AvgIpc) is 2.45. The fourth-order valence-corrected chi connectivity index (χ4v) is 1.74. The van der Waals surface area contributed by atoms with Crippen LogP contribution in [0.4, 0.5) is 5.69 Å². The zero-order valence-corrected chi connectivity index (χ0v) is 11.5. The van der Waals surface area contributed by atoms with Gasteiger partial charge in [-0.3, -0.25) is 10.1 Å². The van der Waals surface area contributed by atoms with E-state index in [2.05, 4.69) is 0 Å². The Kier molecular flexibility index (Phi) is 4.61. The first kappa shape index (κ1) is 14.6. The van der Waals surface area contributed by atoms with Crippen LogP contribution >= 0.6 is 0 Å². The predicted octanol–water partition coefficient (Wildman–Crippen LogP) is 3.07. The molecule has 0 unspecified atom stereocenters. The molecule has 0 radical (unpaired) electrons. The number of phenols is 1. The number of rotatable bonds is 6. The normalized spacial score (nSPS) is 10.1. The first-order valence-corrected chi connectivity index (χ1v) is 6.36. The number of nitro benzene ring substituents is 1. The quantitative estimate of drug-likeness (QED) is 0.502. The summed E-state index contributed by atoms with van der Waals surface area (Å²) < 4.78 is 10.8. The van der Waals surface area contributed by atoms with Crippen molar-refractivity contribution in [3.05, 3.63) is 58.1 Å². The maximum Gasteiger partial charge on any atom is 0.310 e. The largest absolute Gasteiger partial charge is 0.508 e. The van der Waals surface area contributed by atoms with Crippen molar-refractivity contribution in [1.29, 1.82) is 0 Å². The van der Waals surface area contributed by atoms with Crippen molar-refractivity contribution in [3.63, 3.8) is 0 Å². The second kappa shape index (κ2) is 6.60. The van der Waals surface area contributed by atoms with E-state index in [0.717, 1.165) is 5.56 Å². The molecule has 0 fully saturated rings. The molecule has 0 amide bonds. The lowest BCUT2D eigenvalue weighted by molar-refractivity contribution is -0.385. The molecule has 21 heavy (non-hydrogen) atoms. The highest BCUT2D eigenvalue weighted by atomic mass is 16.6. The van der Waals surface area contributed by atoms with E-state index in [9.17, 15) is 10.1 Å². The molecule has 0 aromatic heterocycles. The van der Waals surface area contributed by atoms with Crippen LogP contribution < -0.4 is 9.47 Å². The highest BCUT2D eigenvalue weighted by molar-refractivity contribution is 5.48. The molecule has 110 valence electrons. The number of hydrogen-bond donors (Lipinski definition) is 1. The summed E-state index contributed by atoms with van der Waals surface area (Å²) in [5.74, 6) is 0.985. The van der Waals surface area contributed by atoms with Crippen molar-refractivity contribution in [2.75, 3.05) is 13.2 Å². The van der Waals surface area contributed by atoms with Crippen LogP contribution in [0.15, 0.2) is 42.5 Å². The van der Waals surface area contributed by atoms with Crippen LogP contribution in [0.3, 0.4) is 0 Å². The number of benzene rings is 2. The Hall–Kier alpha value is -2.76. The first-order valence-electron chi connectivity index (χ1n) is 6.36. The van der Waals surface area contributed by atoms with Gasteiger partial charge in [0.2, 0.25) is 0 Å². The monoisotopic (exact) mass is 289 g/mol. The van der Waals surface area contributed by atoms with Gasteiger partial charge in [-0.1, -0.05) is 6.07 Å². The summed E-state index contributed by atoms with van der Waals surface area (Å²) >= 11 is 0. The molecular weight excluding hydrogens is 274 g/mol. The van der Waals surface area contributed by atoms with Crippen molar-refractivity contribution in [2.24, 2.45) is 0 Å². The average molecular weight is 289 g/mol. The predicted molar refractivity (Wildman–Crippen MR) is 76.9 cm³/mol. The van der Waals surface area contributed by atoms with E-state index >= 15 is 0 Å². The Bertz CT molecular complexity index is 624. The molecule has 0 saturated carbocycles. The lowest BCUT2D eigenvalue weighted by Crippen LogP contribution is -2.10. The lowest BCUT2D eigenvalue weighted by Gasteiger charge is -2.09. The van der Waals surface area contributed by atoms with Gasteiger partial charge in [-0.2, -0.15) is 0 Å². The van der Waals surface area contributed by atoms with Gasteiger partial charge in [-0.05, 0) is 42.8 Å². The molecule has 6 nitrogen and oxygen atoms in total. The third-order valence-corrected chi connectivity index (χ3v) is 2.76. The minimum absolute atomic E-state index is 0.0646. The number of phenolic OH excluding ortho intramolecular Hbond substituents is 1. The van der Waals surface area contributed by atoms with Crippen molar-refractivity contribution in [3.8, 4) is 17.2 Å². The molecule has 0 bridgehead atoms. The number of nitrogens with zero attached hydrogens (tertiary/aromatic N) is 1. The second-order valence-electron chi connectivity index (χ2n) is 4.42. The number of aryl methyl sites for hydroxylation is 1. The molecule has 0 aliphatic rings. The minimum atomic E-state index is -0.477. The van der Waals surface area contributed by atoms with E-state index in [-0.39, 0.29) is 30.4 Å². The summed E-state index contributed by atoms with van der Waals surface area (Å²) in [7, 11) is 0. The van der Waals surface area contributed by atoms with Gasteiger partial charge in [-0.25, -0.2) is 0 Å². The van der Waals surface area contributed by atoms with E-state index in [1.54, 1.807) is 24.3 Å². The van der Waals surface area contributed by atoms with Crippen LogP contribution in [0.1, 0.15) is 5.56 Å². The van der Waals surface area contributed by atoms with Gasteiger partial charge >= 0.3 is 5.69 Å². The zero-order valence-electron chi connectivity index (χ0n) is 11.5. The fraction of sp³-hybridized carbons (Fsp3) is 0.200. The summed E-state index contributed by atoms with van der Waals surface area (Å²) in [6, 6.07) is 11.0. The van der Waals surface area contributed by atoms with Crippen molar-refractivity contribution < 1.29 is 19.5 Å². The second-order valence-corrected chi connectivity index (χ2v) is 4.42. The summed E-state index contributed by atoms with van der Waals surface area (Å²) in [6.45, 7) is 2.27. The van der Waals surface area contributed by atoms with Crippen LogP contribution in [0.2, 0.25) is 0 Å². The first-order chi connectivity index (χ1) is 10.1. The summed E-state index contributed by atoms with van der Waals surface area (Å²) in [4.78, 5) is 10.4. The molecule has 6 heteroatoms. The van der Waals surface area contributed by atoms with E-state index < -0.39 is 4.92 Å². The topological polar surface area (TPSA) is 81.8 Å². The van der Waals surface area contributed by atoms with Crippen molar-refractivity contribution in [2.45, 2.75) is 6.92 Å². The Balaban J connectivity index is 1.90. The fourth-order valence-electron chi connectivity index (χ4n) is 1.74. The highest BCUT2D eigenvalue weighted by Gasteiger charge is 2.14. The van der Waals surface area contributed by atoms with E-state index in [4.69, 9.17) is 14.6 Å². The SMILES string of the molecule is Cc1ccc([N+](=O)[O-])c(OCCOc2ccc(O)cc2)c1. The van der Waals surface area contributed by atoms with Gasteiger partial charge in [-0.15, -0.1) is 0 Å².